The van der Waals surface area contributed by atoms with Crippen molar-refractivity contribution < 1.29 is 89.8 Å². The Labute approximate surface area is 277 Å². The van der Waals surface area contributed by atoms with Gasteiger partial charge in [-0.1, -0.05) is 0 Å². The topological polar surface area (TPSA) is 52.4 Å². The van der Waals surface area contributed by atoms with Crippen LogP contribution in [0.1, 0.15) is 27.7 Å². The van der Waals surface area contributed by atoms with Crippen molar-refractivity contribution in [2.45, 2.75) is 39.8 Å². The lowest BCUT2D eigenvalue weighted by Crippen LogP contribution is -3.13. The summed E-state index contributed by atoms with van der Waals surface area (Å²) in [5.74, 6) is -40.2. The van der Waals surface area contributed by atoms with Crippen molar-refractivity contribution in [3.8, 4) is 23.0 Å². The van der Waals surface area contributed by atoms with Crippen LogP contribution in [-0.2, 0) is 0 Å². The lowest BCUT2D eigenvalue weighted by molar-refractivity contribution is -0.878. The molecule has 0 aliphatic rings. The molecule has 0 heterocycles. The molecule has 0 aromatic heterocycles. The van der Waals surface area contributed by atoms with Crippen molar-refractivity contribution in [3.63, 3.8) is 0 Å². The highest BCUT2D eigenvalue weighted by Crippen LogP contribution is 2.34. The Morgan fingerprint density at radius 2 is 0.843 bits per heavy atom. The molecule has 21 heteroatoms. The van der Waals surface area contributed by atoms with Gasteiger partial charge in [0.15, 0.2) is 22.9 Å². The molecule has 0 fully saturated rings. The highest BCUT2D eigenvalue weighted by molar-refractivity contribution is 6.39. The first kappa shape index (κ1) is 40.5. The average Bonchev–Trinajstić information content (AvgIpc) is 3.07. The quantitative estimate of drug-likeness (QED) is 0.0603. The molecule has 0 saturated carbocycles. The number of benzene rings is 4. The molecule has 5 nitrogen and oxygen atoms in total. The van der Waals surface area contributed by atoms with Crippen LogP contribution in [0.5, 0.6) is 23.0 Å². The molecular weight excluding hydrogens is 734 g/mol. The largest absolute Gasteiger partial charge is 0.864 e. The van der Waals surface area contributed by atoms with Gasteiger partial charge in [-0.2, -0.15) is 17.6 Å². The first-order chi connectivity index (χ1) is 23.6. The highest BCUT2D eigenvalue weighted by Gasteiger charge is 2.41. The number of aromatic hydroxyl groups is 1. The maximum Gasteiger partial charge on any atom is 0.864 e. The summed E-state index contributed by atoms with van der Waals surface area (Å²) in [7, 11) is -2.93. The Bertz CT molecular complexity index is 1780. The Kier molecular flexibility index (Phi) is 12.7. The number of hydrogen-bond acceptors (Lipinski definition) is 4. The maximum atomic E-state index is 14.3. The fourth-order valence-corrected chi connectivity index (χ4v) is 4.37. The Morgan fingerprint density at radius 1 is 0.510 bits per heavy atom. The standard InChI is InChI=1S/C24H18BF10NO4.C6F5/c1-8(2)36(9(3)4)11-7-10(37)5-6-12(11)38-25(39-23-19(32)15(28)13(26)16(29)20(23)33)40-24-21(34)17(30)14(27)18(31)22(24)35;7-2-1-3(8)5(10)6(11)4(2)9/h5-9,37H,1-4H3;/q;-1/p+1. The summed E-state index contributed by atoms with van der Waals surface area (Å²) in [6, 6.07) is 3.70. The van der Waals surface area contributed by atoms with Crippen molar-refractivity contribution in [1.29, 1.82) is 0 Å². The van der Waals surface area contributed by atoms with E-state index in [4.69, 9.17) is 4.65 Å². The summed E-state index contributed by atoms with van der Waals surface area (Å²) in [4.78, 5) is 0.567. The third kappa shape index (κ3) is 8.34. The number of hydrogen-bond donors (Lipinski definition) is 2. The van der Waals surface area contributed by atoms with Crippen LogP contribution in [0.2, 0.25) is 0 Å². The summed E-state index contributed by atoms with van der Waals surface area (Å²) in [6.45, 7) is 6.93. The van der Waals surface area contributed by atoms with Crippen molar-refractivity contribution in [2.75, 3.05) is 0 Å². The van der Waals surface area contributed by atoms with Crippen LogP contribution < -0.4 is 18.9 Å². The molecule has 0 unspecified atom stereocenters. The number of phenolic OH excluding ortho intramolecular Hbond substituents is 1. The second-order valence-electron chi connectivity index (χ2n) is 10.6. The van der Waals surface area contributed by atoms with Gasteiger partial charge in [0.25, 0.3) is 0 Å². The first-order valence-electron chi connectivity index (χ1n) is 13.8. The zero-order chi connectivity index (χ0) is 38.8. The van der Waals surface area contributed by atoms with Crippen LogP contribution >= 0.6 is 0 Å². The second kappa shape index (κ2) is 15.9. The van der Waals surface area contributed by atoms with Crippen LogP contribution in [0.15, 0.2) is 18.2 Å². The van der Waals surface area contributed by atoms with Gasteiger partial charge in [-0.3, -0.25) is 13.7 Å². The number of halogens is 15. The minimum Gasteiger partial charge on any atom is -0.508 e. The molecule has 0 radical (unpaired) electrons. The predicted molar refractivity (Wildman–Crippen MR) is 144 cm³/mol. The van der Waals surface area contributed by atoms with Crippen LogP contribution in [0.3, 0.4) is 0 Å². The minimum absolute atomic E-state index is 0.0806. The van der Waals surface area contributed by atoms with Crippen LogP contribution in [-0.4, -0.2) is 24.5 Å². The average molecular weight is 753 g/mol. The van der Waals surface area contributed by atoms with E-state index in [0.717, 1.165) is 24.3 Å². The van der Waals surface area contributed by atoms with Gasteiger partial charge in [0, 0.05) is 6.07 Å². The van der Waals surface area contributed by atoms with E-state index in [-0.39, 0.29) is 23.5 Å². The normalized spacial score (nSPS) is 11.3. The highest BCUT2D eigenvalue weighted by atomic mass is 19.2. The molecule has 0 amide bonds. The molecule has 4 rings (SSSR count). The fourth-order valence-electron chi connectivity index (χ4n) is 4.37. The van der Waals surface area contributed by atoms with Gasteiger partial charge in [-0.15, -0.1) is 6.07 Å². The molecule has 0 bridgehead atoms. The Balaban J connectivity index is 0.000000542. The molecule has 0 atom stereocenters. The molecule has 0 aliphatic carbocycles. The molecule has 4 aromatic rings. The van der Waals surface area contributed by atoms with Gasteiger partial charge in [-0.25, -0.2) is 39.5 Å². The zero-order valence-corrected chi connectivity index (χ0v) is 25.8. The van der Waals surface area contributed by atoms with Gasteiger partial charge in [0.05, 0.1) is 41.2 Å². The summed E-state index contributed by atoms with van der Waals surface area (Å²) in [5.41, 5.74) is 0.0806. The summed E-state index contributed by atoms with van der Waals surface area (Å²) in [5, 5.41) is 10.0. The fraction of sp³-hybridized carbons (Fsp3) is 0.200. The SMILES string of the molecule is CC(C)[NH+](c1cc(O)ccc1OB(Oc1c(F)c(F)c(F)c(F)c1F)Oc1c(F)c(F)c(F)c(F)c1F)C(C)C.Fc1[c-]c(F)c(F)c(F)c1F. The van der Waals surface area contributed by atoms with E-state index in [0.29, 0.717) is 4.90 Å². The van der Waals surface area contributed by atoms with Crippen molar-refractivity contribution in [3.05, 3.63) is 112 Å². The molecule has 2 N–H and O–H groups in total. The second-order valence-corrected chi connectivity index (χ2v) is 10.6. The predicted octanol–water partition coefficient (Wildman–Crippen LogP) is 7.82. The van der Waals surface area contributed by atoms with Crippen molar-refractivity contribution >= 4 is 13.0 Å². The van der Waals surface area contributed by atoms with Gasteiger partial charge < -0.3 is 19.1 Å². The van der Waals surface area contributed by atoms with Crippen molar-refractivity contribution in [2.24, 2.45) is 0 Å². The summed E-state index contributed by atoms with van der Waals surface area (Å²) < 4.78 is 214. The molecule has 51 heavy (non-hydrogen) atoms. The number of rotatable bonds is 9. The molecule has 276 valence electrons. The Hall–Kier alpha value is -4.95. The molecule has 4 aromatic carbocycles. The molecular formula is C30H19BF15NO4. The third-order valence-electron chi connectivity index (χ3n) is 6.50. The van der Waals surface area contributed by atoms with Crippen molar-refractivity contribution in [1.82, 2.24) is 0 Å². The third-order valence-corrected chi connectivity index (χ3v) is 6.50. The van der Waals surface area contributed by atoms with Crippen LogP contribution in [0, 0.1) is 93.3 Å². The summed E-state index contributed by atoms with van der Waals surface area (Å²) in [6.07, 6.45) is 0. The van der Waals surface area contributed by atoms with Crippen LogP contribution in [0.25, 0.3) is 0 Å². The van der Waals surface area contributed by atoms with Gasteiger partial charge in [-0.05, 0) is 39.8 Å². The van der Waals surface area contributed by atoms with E-state index in [9.17, 15) is 71.0 Å². The van der Waals surface area contributed by atoms with E-state index >= 15 is 0 Å². The zero-order valence-electron chi connectivity index (χ0n) is 25.8. The van der Waals surface area contributed by atoms with Gasteiger partial charge in [0.1, 0.15) is 5.75 Å². The van der Waals surface area contributed by atoms with E-state index in [2.05, 4.69) is 9.31 Å². The number of nitrogens with one attached hydrogen (secondary N) is 1. The lowest BCUT2D eigenvalue weighted by atomic mass is 10.1. The number of quaternary nitrogens is 1. The van der Waals surface area contributed by atoms with Crippen LogP contribution in [0.4, 0.5) is 71.5 Å². The Morgan fingerprint density at radius 3 is 1.20 bits per heavy atom. The minimum atomic E-state index is -2.93. The molecule has 0 spiro atoms. The number of phenols is 1. The van der Waals surface area contributed by atoms with E-state index in [1.165, 1.54) is 0 Å². The van der Waals surface area contributed by atoms with E-state index in [1.54, 1.807) is 27.7 Å². The lowest BCUT2D eigenvalue weighted by Gasteiger charge is -2.29. The first-order valence-corrected chi connectivity index (χ1v) is 13.8. The van der Waals surface area contributed by atoms with E-state index in [1.807, 2.05) is 0 Å². The smallest absolute Gasteiger partial charge is 0.508 e. The van der Waals surface area contributed by atoms with E-state index < -0.39 is 112 Å². The molecule has 0 saturated heterocycles. The maximum absolute atomic E-state index is 14.3. The van der Waals surface area contributed by atoms with Gasteiger partial charge in [0.2, 0.25) is 58.2 Å². The van der Waals surface area contributed by atoms with Gasteiger partial charge >= 0.3 is 7.32 Å². The monoisotopic (exact) mass is 753 g/mol. The molecule has 0 aliphatic heterocycles. The summed E-state index contributed by atoms with van der Waals surface area (Å²) >= 11 is 0.